The predicted molar refractivity (Wildman–Crippen MR) is 222 cm³/mol. The molecule has 0 fully saturated rings. The first-order valence-corrected chi connectivity index (χ1v) is 17.6. The molecule has 2 heterocycles. The summed E-state index contributed by atoms with van der Waals surface area (Å²) < 4.78 is 4.64. The number of para-hydroxylation sites is 3. The molecule has 2 aromatic heterocycles. The summed E-state index contributed by atoms with van der Waals surface area (Å²) in [5.74, 6) is 0. The Balaban J connectivity index is 0.000000196. The molecule has 0 aliphatic rings. The molecule has 0 bridgehead atoms. The molecule has 8 rings (SSSR count). The van der Waals surface area contributed by atoms with Crippen LogP contribution in [0.1, 0.15) is 36.4 Å². The van der Waals surface area contributed by atoms with Crippen LogP contribution in [0.5, 0.6) is 0 Å². The van der Waals surface area contributed by atoms with Gasteiger partial charge in [0, 0.05) is 51.5 Å². The number of anilines is 1. The van der Waals surface area contributed by atoms with Crippen molar-refractivity contribution >= 4 is 38.3 Å². The Bertz CT molecular complexity index is 2420. The van der Waals surface area contributed by atoms with Crippen LogP contribution in [0.4, 0.5) is 5.69 Å². The normalized spacial score (nSPS) is 10.7. The maximum Gasteiger partial charge on any atom is 0.0535 e. The van der Waals surface area contributed by atoms with E-state index in [2.05, 4.69) is 200 Å². The summed E-state index contributed by atoms with van der Waals surface area (Å²) in [5.41, 5.74) is 12.3. The Morgan fingerprint density at radius 3 is 1.84 bits per heavy atom. The average Bonchev–Trinajstić information content (AvgIpc) is 3.63. The number of hydrogen-bond donors (Lipinski definition) is 0. The molecule has 0 spiro atoms. The van der Waals surface area contributed by atoms with E-state index in [4.69, 9.17) is 0 Å². The lowest BCUT2D eigenvalue weighted by molar-refractivity contribution is 0.924. The predicted octanol–water partition coefficient (Wildman–Crippen LogP) is 13.1. The lowest BCUT2D eigenvalue weighted by Gasteiger charge is -2.26. The van der Waals surface area contributed by atoms with Gasteiger partial charge in [-0.15, -0.1) is 6.58 Å². The van der Waals surface area contributed by atoms with Crippen LogP contribution in [-0.4, -0.2) is 9.13 Å². The Morgan fingerprint density at radius 2 is 1.18 bits per heavy atom. The lowest BCUT2D eigenvalue weighted by atomic mass is 10.0. The maximum atomic E-state index is 4.30. The molecular weight excluding hydrogens is 619 g/mol. The molecule has 0 saturated carbocycles. The Morgan fingerprint density at radius 1 is 0.608 bits per heavy atom. The summed E-state index contributed by atoms with van der Waals surface area (Å²) in [6.07, 6.45) is 1.75. The number of aromatic nitrogens is 2. The van der Waals surface area contributed by atoms with Gasteiger partial charge >= 0.3 is 0 Å². The van der Waals surface area contributed by atoms with E-state index in [0.29, 0.717) is 0 Å². The van der Waals surface area contributed by atoms with E-state index >= 15 is 0 Å². The molecule has 51 heavy (non-hydrogen) atoms. The summed E-state index contributed by atoms with van der Waals surface area (Å²) in [6.45, 7) is 19.0. The topological polar surface area (TPSA) is 13.1 Å². The van der Waals surface area contributed by atoms with Crippen molar-refractivity contribution in [3.8, 4) is 11.4 Å². The van der Waals surface area contributed by atoms with Gasteiger partial charge in [0.25, 0.3) is 0 Å². The highest BCUT2D eigenvalue weighted by atomic mass is 15.1. The average molecular weight is 666 g/mol. The van der Waals surface area contributed by atoms with E-state index < -0.39 is 0 Å². The third-order valence-corrected chi connectivity index (χ3v) is 9.41. The van der Waals surface area contributed by atoms with Gasteiger partial charge in [0.05, 0.1) is 11.0 Å². The first-order chi connectivity index (χ1) is 24.8. The minimum absolute atomic E-state index is 0.791. The number of allylic oxidation sites excluding steroid dienone is 2. The zero-order valence-electron chi connectivity index (χ0n) is 30.5. The van der Waals surface area contributed by atoms with Crippen LogP contribution >= 0.6 is 0 Å². The SMILES string of the molecule is C=C(C)N(Cc1cccc2ccccc12)c1ccc2c(c1)c(C)c(C)n2-c1ccccc1.C=CC.Cc1cc2ccccc2n1-c1ccccc1. The zero-order chi connectivity index (χ0) is 35.9. The minimum Gasteiger partial charge on any atom is -0.342 e. The van der Waals surface area contributed by atoms with Crippen molar-refractivity contribution in [1.82, 2.24) is 9.13 Å². The fraction of sp³-hybridized carbons (Fsp3) is 0.125. The standard InChI is InChI=1S/C30H28N2.C15H13N.C3H6/c1-21(2)31(20-25-13-10-12-24-11-8-9-16-28(24)25)27-17-18-30-29(19-27)22(3)23(4)32(30)26-14-6-5-7-15-26;1-12-11-13-7-5-6-10-15(13)16(12)14-8-3-2-4-9-14;1-3-2/h5-19H,1,20H2,2-4H3;2-11H,1H3;3H,1H2,2H3. The van der Waals surface area contributed by atoms with Crippen LogP contribution < -0.4 is 4.90 Å². The van der Waals surface area contributed by atoms with E-state index in [-0.39, 0.29) is 0 Å². The zero-order valence-corrected chi connectivity index (χ0v) is 30.5. The summed E-state index contributed by atoms with van der Waals surface area (Å²) in [4.78, 5) is 2.32. The second-order valence-corrected chi connectivity index (χ2v) is 13.0. The molecule has 0 amide bonds. The van der Waals surface area contributed by atoms with E-state index in [9.17, 15) is 0 Å². The van der Waals surface area contributed by atoms with Gasteiger partial charge < -0.3 is 14.0 Å². The van der Waals surface area contributed by atoms with Gasteiger partial charge in [0.1, 0.15) is 0 Å². The Hall–Kier alpha value is -6.06. The van der Waals surface area contributed by atoms with Crippen molar-refractivity contribution in [3.05, 3.63) is 199 Å². The number of aryl methyl sites for hydroxylation is 2. The van der Waals surface area contributed by atoms with Gasteiger partial charge in [0.2, 0.25) is 0 Å². The van der Waals surface area contributed by atoms with E-state index in [1.54, 1.807) is 6.08 Å². The van der Waals surface area contributed by atoms with Gasteiger partial charge in [-0.2, -0.15) is 0 Å². The summed E-state index contributed by atoms with van der Waals surface area (Å²) in [5, 5.41) is 5.15. The Kier molecular flexibility index (Phi) is 10.7. The molecule has 0 atom stereocenters. The van der Waals surface area contributed by atoms with Crippen LogP contribution in [0.2, 0.25) is 0 Å². The van der Waals surface area contributed by atoms with E-state index in [1.165, 1.54) is 72.2 Å². The van der Waals surface area contributed by atoms with Crippen molar-refractivity contribution in [2.45, 2.75) is 41.2 Å². The van der Waals surface area contributed by atoms with Gasteiger partial charge in [-0.05, 0) is 111 Å². The van der Waals surface area contributed by atoms with Crippen LogP contribution in [0.15, 0.2) is 177 Å². The summed E-state index contributed by atoms with van der Waals surface area (Å²) in [6, 6.07) is 53.7. The van der Waals surface area contributed by atoms with Gasteiger partial charge in [-0.25, -0.2) is 0 Å². The molecule has 0 saturated heterocycles. The number of fused-ring (bicyclic) bond motifs is 3. The van der Waals surface area contributed by atoms with Crippen molar-refractivity contribution in [2.75, 3.05) is 4.90 Å². The molecule has 0 radical (unpaired) electrons. The number of nitrogens with zero attached hydrogens (tertiary/aromatic N) is 3. The van der Waals surface area contributed by atoms with Crippen LogP contribution in [0, 0.1) is 20.8 Å². The number of benzene rings is 6. The minimum atomic E-state index is 0.791. The Labute approximate surface area is 303 Å². The highest BCUT2D eigenvalue weighted by molar-refractivity contribution is 5.91. The second-order valence-electron chi connectivity index (χ2n) is 13.0. The highest BCUT2D eigenvalue weighted by Crippen LogP contribution is 2.34. The van der Waals surface area contributed by atoms with Gasteiger partial charge in [0.15, 0.2) is 0 Å². The molecule has 3 heteroatoms. The molecule has 8 aromatic rings. The molecule has 3 nitrogen and oxygen atoms in total. The third-order valence-electron chi connectivity index (χ3n) is 9.41. The maximum absolute atomic E-state index is 4.30. The molecule has 254 valence electrons. The first-order valence-electron chi connectivity index (χ1n) is 17.6. The highest BCUT2D eigenvalue weighted by Gasteiger charge is 2.16. The summed E-state index contributed by atoms with van der Waals surface area (Å²) >= 11 is 0. The van der Waals surface area contributed by atoms with Crippen LogP contribution in [0.25, 0.3) is 44.0 Å². The van der Waals surface area contributed by atoms with Crippen molar-refractivity contribution in [1.29, 1.82) is 0 Å². The number of rotatable bonds is 6. The monoisotopic (exact) mass is 665 g/mol. The fourth-order valence-electron chi connectivity index (χ4n) is 6.90. The molecule has 0 unspecified atom stereocenters. The molecule has 0 aliphatic heterocycles. The molecule has 6 aromatic carbocycles. The quantitative estimate of drug-likeness (QED) is 0.161. The van der Waals surface area contributed by atoms with Crippen molar-refractivity contribution in [3.63, 3.8) is 0 Å². The number of hydrogen-bond acceptors (Lipinski definition) is 1. The van der Waals surface area contributed by atoms with E-state index in [1.807, 2.05) is 13.0 Å². The van der Waals surface area contributed by atoms with Crippen LogP contribution in [0.3, 0.4) is 0 Å². The van der Waals surface area contributed by atoms with Gasteiger partial charge in [-0.3, -0.25) is 0 Å². The van der Waals surface area contributed by atoms with Gasteiger partial charge in [-0.1, -0.05) is 110 Å². The third kappa shape index (κ3) is 7.29. The van der Waals surface area contributed by atoms with Crippen molar-refractivity contribution < 1.29 is 0 Å². The fourth-order valence-corrected chi connectivity index (χ4v) is 6.90. The summed E-state index contributed by atoms with van der Waals surface area (Å²) in [7, 11) is 0. The molecule has 0 N–H and O–H groups in total. The lowest BCUT2D eigenvalue weighted by Crippen LogP contribution is -2.19. The van der Waals surface area contributed by atoms with E-state index in [0.717, 1.165) is 12.2 Å². The van der Waals surface area contributed by atoms with Crippen molar-refractivity contribution in [2.24, 2.45) is 0 Å². The largest absolute Gasteiger partial charge is 0.342 e. The molecule has 0 aliphatic carbocycles. The van der Waals surface area contributed by atoms with Crippen LogP contribution in [-0.2, 0) is 6.54 Å². The molecular formula is C48H47N3. The first kappa shape index (κ1) is 34.8. The second kappa shape index (κ2) is 15.7. The smallest absolute Gasteiger partial charge is 0.0535 e.